The molecule has 1 heteroatoms. The second kappa shape index (κ2) is 15.0. The maximum Gasteiger partial charge on any atom is 0.0468 e. The van der Waals surface area contributed by atoms with Crippen LogP contribution in [0.2, 0.25) is 0 Å². The van der Waals surface area contributed by atoms with E-state index in [1.807, 2.05) is 24.3 Å². The summed E-state index contributed by atoms with van der Waals surface area (Å²) in [6.07, 6.45) is 8.23. The van der Waals surface area contributed by atoms with Gasteiger partial charge in [0.1, 0.15) is 0 Å². The largest absolute Gasteiger partial charge is 0.310 e. The van der Waals surface area contributed by atoms with Gasteiger partial charge in [0, 0.05) is 17.1 Å². The maximum absolute atomic E-state index is 4.01. The van der Waals surface area contributed by atoms with Crippen LogP contribution in [0.5, 0.6) is 0 Å². The third-order valence-electron chi connectivity index (χ3n) is 8.71. The minimum absolute atomic E-state index is 1.09. The van der Waals surface area contributed by atoms with E-state index < -0.39 is 0 Å². The van der Waals surface area contributed by atoms with Crippen molar-refractivity contribution in [3.05, 3.63) is 224 Å². The second-order valence-corrected chi connectivity index (χ2v) is 11.9. The van der Waals surface area contributed by atoms with Crippen molar-refractivity contribution in [1.29, 1.82) is 0 Å². The van der Waals surface area contributed by atoms with Gasteiger partial charge in [0.05, 0.1) is 0 Å². The molecule has 1 nitrogen and oxygen atoms in total. The lowest BCUT2D eigenvalue weighted by Crippen LogP contribution is -2.10. The van der Waals surface area contributed by atoms with E-state index in [2.05, 4.69) is 200 Å². The van der Waals surface area contributed by atoms with Crippen LogP contribution in [-0.2, 0) is 0 Å². The van der Waals surface area contributed by atoms with E-state index in [0.717, 1.165) is 33.8 Å². The molecule has 0 unspecified atom stereocenters. The molecule has 7 aromatic carbocycles. The first-order chi connectivity index (χ1) is 24.3. The van der Waals surface area contributed by atoms with Gasteiger partial charge in [-0.2, -0.15) is 0 Å². The summed E-state index contributed by atoms with van der Waals surface area (Å²) in [5, 5.41) is 0. The van der Waals surface area contributed by atoms with E-state index in [1.54, 1.807) is 0 Å². The smallest absolute Gasteiger partial charge is 0.0468 e. The Bertz CT molecular complexity index is 2180. The number of hydrogen-bond donors (Lipinski definition) is 0. The highest BCUT2D eigenvalue weighted by molar-refractivity contribution is 5.89. The number of allylic oxidation sites excluding steroid dienone is 4. The molecule has 0 amide bonds. The zero-order chi connectivity index (χ0) is 33.3. The predicted octanol–water partition coefficient (Wildman–Crippen LogP) is 13.4. The molecule has 0 bridgehead atoms. The van der Waals surface area contributed by atoms with Gasteiger partial charge in [-0.05, 0) is 86.5 Å². The monoisotopic (exact) mass is 627 g/mol. The Kier molecular flexibility index (Phi) is 9.53. The average molecular weight is 628 g/mol. The molecule has 49 heavy (non-hydrogen) atoms. The SMILES string of the molecule is C=C/C(=C\C=C\c1ccc(N(c2ccc(-c3ccccc3)cc2)c2ccc(-c3ccccc3)c(-c3ccccc3)c2)cc1)c1ccccc1. The molecule has 0 saturated heterocycles. The van der Waals surface area contributed by atoms with Gasteiger partial charge in [0.15, 0.2) is 0 Å². The molecular weight excluding hydrogens is 591 g/mol. The lowest BCUT2D eigenvalue weighted by atomic mass is 9.93. The summed E-state index contributed by atoms with van der Waals surface area (Å²) in [6.45, 7) is 4.01. The highest BCUT2D eigenvalue weighted by Gasteiger charge is 2.16. The molecule has 0 radical (unpaired) electrons. The summed E-state index contributed by atoms with van der Waals surface area (Å²) < 4.78 is 0. The van der Waals surface area contributed by atoms with Gasteiger partial charge in [-0.15, -0.1) is 0 Å². The quantitative estimate of drug-likeness (QED) is 0.136. The number of nitrogens with zero attached hydrogens (tertiary/aromatic N) is 1. The molecule has 0 spiro atoms. The van der Waals surface area contributed by atoms with Gasteiger partial charge >= 0.3 is 0 Å². The Morgan fingerprint density at radius 2 is 0.898 bits per heavy atom. The van der Waals surface area contributed by atoms with Crippen molar-refractivity contribution in [2.75, 3.05) is 4.90 Å². The number of anilines is 3. The summed E-state index contributed by atoms with van der Waals surface area (Å²) in [4.78, 5) is 2.34. The van der Waals surface area contributed by atoms with Crippen molar-refractivity contribution in [3.8, 4) is 33.4 Å². The van der Waals surface area contributed by atoms with Gasteiger partial charge in [0.25, 0.3) is 0 Å². The van der Waals surface area contributed by atoms with E-state index in [-0.39, 0.29) is 0 Å². The van der Waals surface area contributed by atoms with Crippen molar-refractivity contribution in [1.82, 2.24) is 0 Å². The summed E-state index contributed by atoms with van der Waals surface area (Å²) in [6, 6.07) is 66.6. The molecule has 7 aromatic rings. The van der Waals surface area contributed by atoms with Crippen LogP contribution < -0.4 is 4.90 Å². The summed E-state index contributed by atoms with van der Waals surface area (Å²) >= 11 is 0. The Balaban J connectivity index is 1.28. The highest BCUT2D eigenvalue weighted by atomic mass is 15.1. The molecule has 234 valence electrons. The lowest BCUT2D eigenvalue weighted by Gasteiger charge is -2.27. The molecule has 0 fully saturated rings. The van der Waals surface area contributed by atoms with Crippen LogP contribution in [0.15, 0.2) is 213 Å². The first-order valence-electron chi connectivity index (χ1n) is 16.6. The Labute approximate surface area is 290 Å². The van der Waals surface area contributed by atoms with Crippen molar-refractivity contribution in [2.45, 2.75) is 0 Å². The molecule has 0 N–H and O–H groups in total. The molecule has 0 aliphatic heterocycles. The van der Waals surface area contributed by atoms with Gasteiger partial charge in [0.2, 0.25) is 0 Å². The maximum atomic E-state index is 4.01. The summed E-state index contributed by atoms with van der Waals surface area (Å²) in [5.74, 6) is 0. The Morgan fingerprint density at radius 3 is 1.47 bits per heavy atom. The second-order valence-electron chi connectivity index (χ2n) is 11.9. The van der Waals surface area contributed by atoms with Gasteiger partial charge < -0.3 is 4.90 Å². The van der Waals surface area contributed by atoms with Crippen LogP contribution in [0.25, 0.3) is 45.0 Å². The fourth-order valence-corrected chi connectivity index (χ4v) is 6.19. The standard InChI is InChI=1S/C48H37N/c1-2-38(39-17-7-3-8-18-39)25-15-16-37-26-30-44(31-27-37)49(45-32-28-41(29-33-45)40-19-9-4-10-20-40)46-34-35-47(42-21-11-5-12-22-42)48(36-46)43-23-13-6-14-24-43/h2-36H,1H2/b16-15+,38-25+. The number of benzene rings is 7. The minimum Gasteiger partial charge on any atom is -0.310 e. The van der Waals surface area contributed by atoms with Gasteiger partial charge in [-0.3, -0.25) is 0 Å². The molecule has 7 rings (SSSR count). The summed E-state index contributed by atoms with van der Waals surface area (Å²) in [5.41, 5.74) is 13.8. The Morgan fingerprint density at radius 1 is 0.429 bits per heavy atom. The molecule has 0 saturated carbocycles. The van der Waals surface area contributed by atoms with Crippen LogP contribution in [0, 0.1) is 0 Å². The van der Waals surface area contributed by atoms with E-state index >= 15 is 0 Å². The van der Waals surface area contributed by atoms with Crippen molar-refractivity contribution in [2.24, 2.45) is 0 Å². The minimum atomic E-state index is 1.09. The van der Waals surface area contributed by atoms with Gasteiger partial charge in [-0.25, -0.2) is 0 Å². The lowest BCUT2D eigenvalue weighted by molar-refractivity contribution is 1.28. The van der Waals surface area contributed by atoms with Crippen molar-refractivity contribution < 1.29 is 0 Å². The molecule has 0 aromatic heterocycles. The normalized spacial score (nSPS) is 11.4. The first-order valence-corrected chi connectivity index (χ1v) is 16.6. The third-order valence-corrected chi connectivity index (χ3v) is 8.71. The molecular formula is C48H37N. The van der Waals surface area contributed by atoms with E-state index in [1.165, 1.54) is 33.4 Å². The van der Waals surface area contributed by atoms with Crippen LogP contribution in [-0.4, -0.2) is 0 Å². The van der Waals surface area contributed by atoms with E-state index in [0.29, 0.717) is 0 Å². The van der Waals surface area contributed by atoms with Crippen LogP contribution in [0.3, 0.4) is 0 Å². The van der Waals surface area contributed by atoms with Gasteiger partial charge in [-0.1, -0.05) is 183 Å². The molecule has 0 atom stereocenters. The van der Waals surface area contributed by atoms with E-state index in [9.17, 15) is 0 Å². The topological polar surface area (TPSA) is 3.24 Å². The van der Waals surface area contributed by atoms with Crippen LogP contribution in [0.1, 0.15) is 11.1 Å². The third kappa shape index (κ3) is 7.27. The Hall–Kier alpha value is -6.44. The zero-order valence-electron chi connectivity index (χ0n) is 27.4. The zero-order valence-corrected chi connectivity index (χ0v) is 27.4. The average Bonchev–Trinajstić information content (AvgIpc) is 3.19. The summed E-state index contributed by atoms with van der Waals surface area (Å²) in [7, 11) is 0. The number of rotatable bonds is 10. The van der Waals surface area contributed by atoms with Crippen molar-refractivity contribution >= 4 is 28.7 Å². The number of hydrogen-bond acceptors (Lipinski definition) is 1. The molecule has 0 aliphatic rings. The first kappa shape index (κ1) is 31.2. The van der Waals surface area contributed by atoms with E-state index in [4.69, 9.17) is 0 Å². The van der Waals surface area contributed by atoms with Crippen LogP contribution >= 0.6 is 0 Å². The van der Waals surface area contributed by atoms with Crippen LogP contribution in [0.4, 0.5) is 17.1 Å². The fraction of sp³-hybridized carbons (Fsp3) is 0. The predicted molar refractivity (Wildman–Crippen MR) is 211 cm³/mol. The molecule has 0 heterocycles. The molecule has 0 aliphatic carbocycles. The highest BCUT2D eigenvalue weighted by Crippen LogP contribution is 2.41. The van der Waals surface area contributed by atoms with Crippen molar-refractivity contribution in [3.63, 3.8) is 0 Å². The fourth-order valence-electron chi connectivity index (χ4n) is 6.19.